The minimum atomic E-state index is 0.209. The second-order valence-corrected chi connectivity index (χ2v) is 4.82. The first-order valence-corrected chi connectivity index (χ1v) is 7.55. The molecule has 20 heavy (non-hydrogen) atoms. The maximum atomic E-state index is 11.8. The summed E-state index contributed by atoms with van der Waals surface area (Å²) in [4.78, 5) is 13.8. The summed E-state index contributed by atoms with van der Waals surface area (Å²) in [5.41, 5.74) is 5.29. The molecule has 0 aromatic rings. The third-order valence-electron chi connectivity index (χ3n) is 3.18. The number of ether oxygens (including phenoxy) is 3. The quantitative estimate of drug-likeness (QED) is 0.557. The summed E-state index contributed by atoms with van der Waals surface area (Å²) in [7, 11) is 0. The van der Waals surface area contributed by atoms with E-state index >= 15 is 0 Å². The number of nitrogens with zero attached hydrogens (tertiary/aromatic N) is 1. The van der Waals surface area contributed by atoms with Crippen molar-refractivity contribution in [3.63, 3.8) is 0 Å². The molecule has 6 heteroatoms. The molecule has 0 unspecified atom stereocenters. The number of piperidine rings is 1. The number of hydrogen-bond donors (Lipinski definition) is 1. The Balaban J connectivity index is 1.83. The van der Waals surface area contributed by atoms with E-state index in [9.17, 15) is 4.79 Å². The summed E-state index contributed by atoms with van der Waals surface area (Å²) in [6.45, 7) is 5.55. The van der Waals surface area contributed by atoms with E-state index in [0.29, 0.717) is 52.6 Å². The van der Waals surface area contributed by atoms with Crippen LogP contribution < -0.4 is 5.73 Å². The SMILES string of the molecule is NCCOCCOCCOCCC(=O)N1CCCCC1. The number of nitrogens with two attached hydrogens (primary N) is 1. The van der Waals surface area contributed by atoms with Gasteiger partial charge in [-0.05, 0) is 19.3 Å². The Bertz CT molecular complexity index is 245. The van der Waals surface area contributed by atoms with E-state index in [2.05, 4.69) is 0 Å². The van der Waals surface area contributed by atoms with Crippen LogP contribution in [0.4, 0.5) is 0 Å². The highest BCUT2D eigenvalue weighted by molar-refractivity contribution is 5.76. The second kappa shape index (κ2) is 12.1. The topological polar surface area (TPSA) is 74.0 Å². The van der Waals surface area contributed by atoms with E-state index in [1.807, 2.05) is 4.90 Å². The average molecular weight is 288 g/mol. The van der Waals surface area contributed by atoms with E-state index < -0.39 is 0 Å². The Morgan fingerprint density at radius 2 is 1.40 bits per heavy atom. The van der Waals surface area contributed by atoms with Crippen LogP contribution in [0.25, 0.3) is 0 Å². The first kappa shape index (κ1) is 17.4. The van der Waals surface area contributed by atoms with Crippen molar-refractivity contribution < 1.29 is 19.0 Å². The molecule has 0 radical (unpaired) electrons. The van der Waals surface area contributed by atoms with Crippen LogP contribution in [0.3, 0.4) is 0 Å². The zero-order chi connectivity index (χ0) is 14.5. The molecule has 0 bridgehead atoms. The monoisotopic (exact) mass is 288 g/mol. The Morgan fingerprint density at radius 1 is 0.850 bits per heavy atom. The molecule has 0 aliphatic carbocycles. The van der Waals surface area contributed by atoms with Gasteiger partial charge < -0.3 is 24.8 Å². The van der Waals surface area contributed by atoms with Gasteiger partial charge in [0.2, 0.25) is 5.91 Å². The lowest BCUT2D eigenvalue weighted by Gasteiger charge is -2.26. The van der Waals surface area contributed by atoms with Crippen LogP contribution >= 0.6 is 0 Å². The molecule has 1 heterocycles. The Labute approximate surface area is 121 Å². The number of rotatable bonds is 11. The van der Waals surface area contributed by atoms with E-state index in [1.165, 1.54) is 6.42 Å². The van der Waals surface area contributed by atoms with Crippen molar-refractivity contribution in [1.82, 2.24) is 4.90 Å². The highest BCUT2D eigenvalue weighted by atomic mass is 16.5. The number of carbonyl (C=O) groups excluding carboxylic acids is 1. The lowest BCUT2D eigenvalue weighted by molar-refractivity contribution is -0.133. The maximum absolute atomic E-state index is 11.8. The van der Waals surface area contributed by atoms with Gasteiger partial charge in [-0.3, -0.25) is 4.79 Å². The first-order chi connectivity index (χ1) is 9.84. The van der Waals surface area contributed by atoms with Crippen LogP contribution in [0.15, 0.2) is 0 Å². The molecule has 1 rings (SSSR count). The smallest absolute Gasteiger partial charge is 0.224 e. The minimum Gasteiger partial charge on any atom is -0.379 e. The normalized spacial score (nSPS) is 15.6. The summed E-state index contributed by atoms with van der Waals surface area (Å²) >= 11 is 0. The van der Waals surface area contributed by atoms with E-state index in [4.69, 9.17) is 19.9 Å². The summed E-state index contributed by atoms with van der Waals surface area (Å²) in [6, 6.07) is 0. The third-order valence-corrected chi connectivity index (χ3v) is 3.18. The van der Waals surface area contributed by atoms with Crippen LogP contribution in [-0.4, -0.2) is 70.1 Å². The average Bonchev–Trinajstić information content (AvgIpc) is 2.50. The van der Waals surface area contributed by atoms with Crippen LogP contribution in [0.2, 0.25) is 0 Å². The van der Waals surface area contributed by atoms with Crippen LogP contribution in [-0.2, 0) is 19.0 Å². The van der Waals surface area contributed by atoms with Crippen molar-refractivity contribution in [3.8, 4) is 0 Å². The molecule has 0 aromatic heterocycles. The van der Waals surface area contributed by atoms with Crippen molar-refractivity contribution in [3.05, 3.63) is 0 Å². The van der Waals surface area contributed by atoms with Crippen LogP contribution in [0.5, 0.6) is 0 Å². The number of amides is 1. The van der Waals surface area contributed by atoms with Crippen molar-refractivity contribution in [2.24, 2.45) is 5.73 Å². The van der Waals surface area contributed by atoms with Gasteiger partial charge in [0.1, 0.15) is 0 Å². The second-order valence-electron chi connectivity index (χ2n) is 4.82. The Hall–Kier alpha value is -0.690. The van der Waals surface area contributed by atoms with Gasteiger partial charge in [0.05, 0.1) is 46.1 Å². The third kappa shape index (κ3) is 8.47. The van der Waals surface area contributed by atoms with Gasteiger partial charge in [0.25, 0.3) is 0 Å². The van der Waals surface area contributed by atoms with Crippen molar-refractivity contribution in [2.75, 3.05) is 59.3 Å². The van der Waals surface area contributed by atoms with Crippen molar-refractivity contribution >= 4 is 5.91 Å². The first-order valence-electron chi connectivity index (χ1n) is 7.55. The van der Waals surface area contributed by atoms with Gasteiger partial charge in [0.15, 0.2) is 0 Å². The predicted molar refractivity (Wildman–Crippen MR) is 76.6 cm³/mol. The largest absolute Gasteiger partial charge is 0.379 e. The number of carbonyl (C=O) groups is 1. The van der Waals surface area contributed by atoms with Gasteiger partial charge in [0, 0.05) is 19.6 Å². The summed E-state index contributed by atoms with van der Waals surface area (Å²) in [6.07, 6.45) is 3.98. The lowest BCUT2D eigenvalue weighted by atomic mass is 10.1. The van der Waals surface area contributed by atoms with Crippen molar-refractivity contribution in [2.45, 2.75) is 25.7 Å². The molecule has 0 aromatic carbocycles. The summed E-state index contributed by atoms with van der Waals surface area (Å²) in [5.74, 6) is 0.209. The van der Waals surface area contributed by atoms with E-state index in [-0.39, 0.29) is 5.91 Å². The Morgan fingerprint density at radius 3 is 2.00 bits per heavy atom. The molecule has 118 valence electrons. The van der Waals surface area contributed by atoms with Gasteiger partial charge in [-0.25, -0.2) is 0 Å². The van der Waals surface area contributed by atoms with Gasteiger partial charge >= 0.3 is 0 Å². The molecule has 1 saturated heterocycles. The standard InChI is InChI=1S/C14H28N2O4/c15-5-9-19-11-13-20-12-10-18-8-4-14(17)16-6-2-1-3-7-16/h1-13,15H2. The zero-order valence-corrected chi connectivity index (χ0v) is 12.3. The molecule has 1 fully saturated rings. The van der Waals surface area contributed by atoms with Crippen LogP contribution in [0, 0.1) is 0 Å². The molecule has 0 saturated carbocycles. The summed E-state index contributed by atoms with van der Waals surface area (Å²) in [5, 5.41) is 0. The minimum absolute atomic E-state index is 0.209. The van der Waals surface area contributed by atoms with E-state index in [0.717, 1.165) is 25.9 Å². The molecule has 0 atom stereocenters. The summed E-state index contributed by atoms with van der Waals surface area (Å²) < 4.78 is 15.9. The van der Waals surface area contributed by atoms with Gasteiger partial charge in [-0.15, -0.1) is 0 Å². The molecule has 1 aliphatic rings. The van der Waals surface area contributed by atoms with Gasteiger partial charge in [-0.2, -0.15) is 0 Å². The number of likely N-dealkylation sites (tertiary alicyclic amines) is 1. The molecule has 6 nitrogen and oxygen atoms in total. The van der Waals surface area contributed by atoms with E-state index in [1.54, 1.807) is 0 Å². The fraction of sp³-hybridized carbons (Fsp3) is 0.929. The molecule has 0 spiro atoms. The lowest BCUT2D eigenvalue weighted by Crippen LogP contribution is -2.36. The molecule has 1 amide bonds. The molecular formula is C14H28N2O4. The Kier molecular flexibility index (Phi) is 10.5. The predicted octanol–water partition coefficient (Wildman–Crippen LogP) is 0.398. The number of hydrogen-bond acceptors (Lipinski definition) is 5. The maximum Gasteiger partial charge on any atom is 0.224 e. The fourth-order valence-corrected chi connectivity index (χ4v) is 2.09. The van der Waals surface area contributed by atoms with Gasteiger partial charge in [-0.1, -0.05) is 0 Å². The highest BCUT2D eigenvalue weighted by Crippen LogP contribution is 2.09. The zero-order valence-electron chi connectivity index (χ0n) is 12.3. The molecule has 2 N–H and O–H groups in total. The molecular weight excluding hydrogens is 260 g/mol. The van der Waals surface area contributed by atoms with Crippen LogP contribution in [0.1, 0.15) is 25.7 Å². The fourth-order valence-electron chi connectivity index (χ4n) is 2.09. The molecule has 1 aliphatic heterocycles. The highest BCUT2D eigenvalue weighted by Gasteiger charge is 2.15. The van der Waals surface area contributed by atoms with Crippen molar-refractivity contribution in [1.29, 1.82) is 0 Å².